The van der Waals surface area contributed by atoms with Crippen molar-refractivity contribution in [3.05, 3.63) is 53.3 Å². The van der Waals surface area contributed by atoms with Gasteiger partial charge in [0.2, 0.25) is 0 Å². The molecule has 2 rings (SSSR count). The first-order chi connectivity index (χ1) is 10.1. The SMILES string of the molecule is CCOC(=O)c1ccc(N)cc1OCc1ncccc1C. The Labute approximate surface area is 123 Å². The minimum Gasteiger partial charge on any atom is -0.486 e. The highest BCUT2D eigenvalue weighted by Gasteiger charge is 2.14. The second kappa shape index (κ2) is 6.74. The van der Waals surface area contributed by atoms with Gasteiger partial charge in [-0.25, -0.2) is 4.79 Å². The lowest BCUT2D eigenvalue weighted by Crippen LogP contribution is -2.09. The van der Waals surface area contributed by atoms with Crippen LogP contribution in [0.25, 0.3) is 0 Å². The average molecular weight is 286 g/mol. The summed E-state index contributed by atoms with van der Waals surface area (Å²) in [6.45, 7) is 4.29. The van der Waals surface area contributed by atoms with Gasteiger partial charge in [0.1, 0.15) is 17.9 Å². The number of rotatable bonds is 5. The van der Waals surface area contributed by atoms with Crippen LogP contribution < -0.4 is 10.5 Å². The van der Waals surface area contributed by atoms with Crippen LogP contribution in [0.2, 0.25) is 0 Å². The van der Waals surface area contributed by atoms with E-state index in [9.17, 15) is 4.79 Å². The van der Waals surface area contributed by atoms with Crippen molar-refractivity contribution >= 4 is 11.7 Å². The second-order valence-corrected chi connectivity index (χ2v) is 4.53. The van der Waals surface area contributed by atoms with Gasteiger partial charge in [0.15, 0.2) is 0 Å². The minimum absolute atomic E-state index is 0.266. The first-order valence-electron chi connectivity index (χ1n) is 6.71. The first kappa shape index (κ1) is 14.8. The van der Waals surface area contributed by atoms with Crippen LogP contribution in [0.1, 0.15) is 28.5 Å². The molecule has 0 bridgehead atoms. The van der Waals surface area contributed by atoms with E-state index in [-0.39, 0.29) is 6.61 Å². The smallest absolute Gasteiger partial charge is 0.341 e. The number of nitrogens with zero attached hydrogens (tertiary/aromatic N) is 1. The molecule has 0 amide bonds. The van der Waals surface area contributed by atoms with E-state index in [0.29, 0.717) is 23.6 Å². The lowest BCUT2D eigenvalue weighted by atomic mass is 10.2. The van der Waals surface area contributed by atoms with Gasteiger partial charge in [-0.3, -0.25) is 4.98 Å². The Bertz CT molecular complexity index is 641. The summed E-state index contributed by atoms with van der Waals surface area (Å²) in [4.78, 5) is 16.2. The van der Waals surface area contributed by atoms with E-state index in [1.54, 1.807) is 31.3 Å². The maximum atomic E-state index is 11.9. The standard InChI is InChI=1S/C16H18N2O3/c1-3-20-16(19)13-7-6-12(17)9-15(13)21-10-14-11(2)5-4-8-18-14/h4-9H,3,10,17H2,1-2H3. The first-order valence-corrected chi connectivity index (χ1v) is 6.71. The molecule has 0 radical (unpaired) electrons. The van der Waals surface area contributed by atoms with Crippen molar-refractivity contribution < 1.29 is 14.3 Å². The highest BCUT2D eigenvalue weighted by atomic mass is 16.5. The van der Waals surface area contributed by atoms with Crippen LogP contribution in [0.4, 0.5) is 5.69 Å². The van der Waals surface area contributed by atoms with Gasteiger partial charge < -0.3 is 15.2 Å². The number of anilines is 1. The minimum atomic E-state index is -0.426. The Hall–Kier alpha value is -2.56. The zero-order valence-electron chi connectivity index (χ0n) is 12.1. The summed E-state index contributed by atoms with van der Waals surface area (Å²) >= 11 is 0. The molecular formula is C16H18N2O3. The molecule has 0 atom stereocenters. The number of aromatic nitrogens is 1. The molecule has 5 heteroatoms. The van der Waals surface area contributed by atoms with Crippen LogP contribution in [-0.2, 0) is 11.3 Å². The monoisotopic (exact) mass is 286 g/mol. The molecule has 5 nitrogen and oxygen atoms in total. The summed E-state index contributed by atoms with van der Waals surface area (Å²) in [5.74, 6) is -0.0243. The second-order valence-electron chi connectivity index (χ2n) is 4.53. The molecule has 2 aromatic rings. The number of pyridine rings is 1. The van der Waals surface area contributed by atoms with Crippen LogP contribution >= 0.6 is 0 Å². The third-order valence-electron chi connectivity index (χ3n) is 2.98. The molecule has 110 valence electrons. The average Bonchev–Trinajstić information content (AvgIpc) is 2.46. The number of benzene rings is 1. The van der Waals surface area contributed by atoms with E-state index in [1.165, 1.54) is 0 Å². The van der Waals surface area contributed by atoms with Crippen molar-refractivity contribution in [1.82, 2.24) is 4.98 Å². The van der Waals surface area contributed by atoms with Gasteiger partial charge in [-0.1, -0.05) is 6.07 Å². The van der Waals surface area contributed by atoms with E-state index >= 15 is 0 Å². The molecule has 1 aromatic carbocycles. The number of nitrogens with two attached hydrogens (primary N) is 1. The number of aryl methyl sites for hydroxylation is 1. The van der Waals surface area contributed by atoms with Crippen LogP contribution in [0.5, 0.6) is 5.75 Å². The Kier molecular flexibility index (Phi) is 4.77. The van der Waals surface area contributed by atoms with Crippen molar-refractivity contribution in [3.63, 3.8) is 0 Å². The molecule has 0 saturated heterocycles. The van der Waals surface area contributed by atoms with E-state index in [0.717, 1.165) is 11.3 Å². The Balaban J connectivity index is 2.20. The van der Waals surface area contributed by atoms with Gasteiger partial charge in [0, 0.05) is 18.0 Å². The maximum absolute atomic E-state index is 11.9. The number of nitrogen functional groups attached to an aromatic ring is 1. The third kappa shape index (κ3) is 3.72. The molecule has 0 aliphatic heterocycles. The zero-order valence-corrected chi connectivity index (χ0v) is 12.1. The molecule has 0 aliphatic rings. The molecule has 0 saturated carbocycles. The summed E-state index contributed by atoms with van der Waals surface area (Å²) in [6.07, 6.45) is 1.71. The lowest BCUT2D eigenvalue weighted by molar-refractivity contribution is 0.0521. The summed E-state index contributed by atoms with van der Waals surface area (Å²) in [7, 11) is 0. The molecule has 2 N–H and O–H groups in total. The normalized spacial score (nSPS) is 10.2. The molecular weight excluding hydrogens is 268 g/mol. The van der Waals surface area contributed by atoms with Crippen molar-refractivity contribution in [2.24, 2.45) is 0 Å². The van der Waals surface area contributed by atoms with Crippen molar-refractivity contribution in [2.45, 2.75) is 20.5 Å². The van der Waals surface area contributed by atoms with E-state index in [1.807, 2.05) is 19.1 Å². The quantitative estimate of drug-likeness (QED) is 0.675. The van der Waals surface area contributed by atoms with Crippen molar-refractivity contribution in [2.75, 3.05) is 12.3 Å². The van der Waals surface area contributed by atoms with Gasteiger partial charge >= 0.3 is 5.97 Å². The van der Waals surface area contributed by atoms with E-state index in [2.05, 4.69) is 4.98 Å². The Morgan fingerprint density at radius 1 is 1.33 bits per heavy atom. The van der Waals surface area contributed by atoms with Crippen LogP contribution in [0.15, 0.2) is 36.5 Å². The fourth-order valence-electron chi connectivity index (χ4n) is 1.85. The third-order valence-corrected chi connectivity index (χ3v) is 2.98. The van der Waals surface area contributed by atoms with Gasteiger partial charge in [0.05, 0.1) is 12.3 Å². The molecule has 21 heavy (non-hydrogen) atoms. The van der Waals surface area contributed by atoms with Gasteiger partial charge in [-0.05, 0) is 37.6 Å². The van der Waals surface area contributed by atoms with Crippen LogP contribution in [-0.4, -0.2) is 17.6 Å². The highest BCUT2D eigenvalue weighted by molar-refractivity contribution is 5.93. The number of carbonyl (C=O) groups excluding carboxylic acids is 1. The number of hydrogen-bond donors (Lipinski definition) is 1. The Morgan fingerprint density at radius 3 is 2.86 bits per heavy atom. The van der Waals surface area contributed by atoms with Crippen molar-refractivity contribution in [3.8, 4) is 5.75 Å². The summed E-state index contributed by atoms with van der Waals surface area (Å²) in [5, 5.41) is 0. The van der Waals surface area contributed by atoms with Crippen molar-refractivity contribution in [1.29, 1.82) is 0 Å². The molecule has 0 fully saturated rings. The van der Waals surface area contributed by atoms with Gasteiger partial charge in [0.25, 0.3) is 0 Å². The molecule has 0 aliphatic carbocycles. The fourth-order valence-corrected chi connectivity index (χ4v) is 1.85. The number of esters is 1. The zero-order chi connectivity index (χ0) is 15.2. The van der Waals surface area contributed by atoms with Gasteiger partial charge in [-0.15, -0.1) is 0 Å². The van der Waals surface area contributed by atoms with Crippen LogP contribution in [0, 0.1) is 6.92 Å². The predicted octanol–water partition coefficient (Wildman–Crippen LogP) is 2.73. The summed E-state index contributed by atoms with van der Waals surface area (Å²) in [5.41, 5.74) is 8.48. The largest absolute Gasteiger partial charge is 0.486 e. The van der Waals surface area contributed by atoms with E-state index < -0.39 is 5.97 Å². The summed E-state index contributed by atoms with van der Waals surface area (Å²) < 4.78 is 10.7. The predicted molar refractivity (Wildman–Crippen MR) is 80.1 cm³/mol. The highest BCUT2D eigenvalue weighted by Crippen LogP contribution is 2.24. The fraction of sp³-hybridized carbons (Fsp3) is 0.250. The van der Waals surface area contributed by atoms with Gasteiger partial charge in [-0.2, -0.15) is 0 Å². The number of ether oxygens (including phenoxy) is 2. The number of hydrogen-bond acceptors (Lipinski definition) is 5. The molecule has 1 heterocycles. The lowest BCUT2D eigenvalue weighted by Gasteiger charge is -2.12. The van der Waals surface area contributed by atoms with Crippen LogP contribution in [0.3, 0.4) is 0 Å². The number of carbonyl (C=O) groups is 1. The molecule has 1 aromatic heterocycles. The maximum Gasteiger partial charge on any atom is 0.341 e. The topological polar surface area (TPSA) is 74.4 Å². The molecule has 0 spiro atoms. The molecule has 0 unspecified atom stereocenters. The van der Waals surface area contributed by atoms with E-state index in [4.69, 9.17) is 15.2 Å². The summed E-state index contributed by atoms with van der Waals surface area (Å²) in [6, 6.07) is 8.68. The Morgan fingerprint density at radius 2 is 2.14 bits per heavy atom.